The zero-order chi connectivity index (χ0) is 15.5. The highest BCUT2D eigenvalue weighted by molar-refractivity contribution is 7.89. The van der Waals surface area contributed by atoms with Gasteiger partial charge < -0.3 is 4.90 Å². The van der Waals surface area contributed by atoms with E-state index in [0.29, 0.717) is 0 Å². The molecule has 1 N–H and O–H groups in total. The van der Waals surface area contributed by atoms with E-state index in [1.165, 1.54) is 0 Å². The number of nitrogens with zero attached hydrogens (tertiary/aromatic N) is 1. The summed E-state index contributed by atoms with van der Waals surface area (Å²) in [5, 5.41) is 0. The van der Waals surface area contributed by atoms with Crippen LogP contribution in [0.3, 0.4) is 0 Å². The van der Waals surface area contributed by atoms with E-state index in [0.717, 1.165) is 37.1 Å². The first-order valence-electron chi connectivity index (χ1n) is 7.25. The Morgan fingerprint density at radius 3 is 2.48 bits per heavy atom. The molecule has 1 heterocycles. The van der Waals surface area contributed by atoms with Gasteiger partial charge in [0.05, 0.1) is 4.90 Å². The minimum absolute atomic E-state index is 0.0234. The van der Waals surface area contributed by atoms with Crippen molar-refractivity contribution < 1.29 is 13.2 Å². The zero-order valence-electron chi connectivity index (χ0n) is 12.6. The number of nitrogens with one attached hydrogen (secondary N) is 1. The van der Waals surface area contributed by atoms with Crippen LogP contribution in [0.2, 0.25) is 0 Å². The molecule has 0 saturated carbocycles. The number of hydrogen-bond donors (Lipinski definition) is 1. The summed E-state index contributed by atoms with van der Waals surface area (Å²) in [6, 6.07) is 5.03. The van der Waals surface area contributed by atoms with Crippen molar-refractivity contribution in [3.63, 3.8) is 0 Å². The lowest BCUT2D eigenvalue weighted by molar-refractivity contribution is -0.129. The standard InChI is InChI=1S/C15H22N2O3S/c1-12-5-6-14(11-13(12)2)21(19,20)16-8-7-15(18)17-9-3-4-10-17/h5-6,11,16H,3-4,7-10H2,1-2H3. The van der Waals surface area contributed by atoms with E-state index in [1.807, 2.05) is 13.8 Å². The van der Waals surface area contributed by atoms with Gasteiger partial charge in [-0.1, -0.05) is 6.07 Å². The lowest BCUT2D eigenvalue weighted by atomic mass is 10.1. The van der Waals surface area contributed by atoms with Crippen molar-refractivity contribution in [3.05, 3.63) is 29.3 Å². The summed E-state index contributed by atoms with van der Waals surface area (Å²) in [4.78, 5) is 13.9. The molecule has 1 saturated heterocycles. The van der Waals surface area contributed by atoms with Crippen molar-refractivity contribution in [1.82, 2.24) is 9.62 Å². The van der Waals surface area contributed by atoms with Crippen molar-refractivity contribution >= 4 is 15.9 Å². The molecule has 1 aromatic rings. The molecule has 1 aliphatic heterocycles. The summed E-state index contributed by atoms with van der Waals surface area (Å²) >= 11 is 0. The van der Waals surface area contributed by atoms with Gasteiger partial charge in [0.15, 0.2) is 0 Å². The van der Waals surface area contributed by atoms with Crippen molar-refractivity contribution in [1.29, 1.82) is 0 Å². The van der Waals surface area contributed by atoms with Crippen LogP contribution in [0.5, 0.6) is 0 Å². The minimum Gasteiger partial charge on any atom is -0.343 e. The van der Waals surface area contributed by atoms with Crippen LogP contribution in [0.1, 0.15) is 30.4 Å². The molecule has 5 nitrogen and oxygen atoms in total. The lowest BCUT2D eigenvalue weighted by Gasteiger charge is -2.15. The Kier molecular flexibility index (Phi) is 5.00. The highest BCUT2D eigenvalue weighted by Crippen LogP contribution is 2.14. The Morgan fingerprint density at radius 2 is 1.86 bits per heavy atom. The second-order valence-electron chi connectivity index (χ2n) is 5.48. The maximum atomic E-state index is 12.2. The van der Waals surface area contributed by atoms with Gasteiger partial charge in [-0.2, -0.15) is 0 Å². The van der Waals surface area contributed by atoms with E-state index in [1.54, 1.807) is 23.1 Å². The summed E-state index contributed by atoms with van der Waals surface area (Å²) in [5.41, 5.74) is 1.99. The minimum atomic E-state index is -3.54. The van der Waals surface area contributed by atoms with Crippen molar-refractivity contribution in [2.75, 3.05) is 19.6 Å². The van der Waals surface area contributed by atoms with Gasteiger partial charge in [0.1, 0.15) is 0 Å². The molecule has 0 unspecified atom stereocenters. The zero-order valence-corrected chi connectivity index (χ0v) is 13.4. The van der Waals surface area contributed by atoms with E-state index in [4.69, 9.17) is 0 Å². The van der Waals surface area contributed by atoms with Crippen LogP contribution in [0.25, 0.3) is 0 Å². The number of amides is 1. The van der Waals surface area contributed by atoms with Crippen molar-refractivity contribution in [3.8, 4) is 0 Å². The number of aryl methyl sites for hydroxylation is 2. The molecule has 6 heteroatoms. The summed E-state index contributed by atoms with van der Waals surface area (Å²) in [5.74, 6) is 0.0234. The first kappa shape index (κ1) is 16.0. The molecule has 0 radical (unpaired) electrons. The van der Waals surface area contributed by atoms with Crippen LogP contribution in [0.15, 0.2) is 23.1 Å². The molecular weight excluding hydrogens is 288 g/mol. The summed E-state index contributed by atoms with van der Waals surface area (Å²) in [7, 11) is -3.54. The maximum Gasteiger partial charge on any atom is 0.240 e. The normalized spacial score (nSPS) is 15.4. The van der Waals surface area contributed by atoms with Crippen LogP contribution < -0.4 is 4.72 Å². The smallest absolute Gasteiger partial charge is 0.240 e. The molecule has 0 aliphatic carbocycles. The molecule has 1 aromatic carbocycles. The highest BCUT2D eigenvalue weighted by Gasteiger charge is 2.19. The highest BCUT2D eigenvalue weighted by atomic mass is 32.2. The Labute approximate surface area is 126 Å². The largest absolute Gasteiger partial charge is 0.343 e. The molecule has 2 rings (SSSR count). The van der Waals surface area contributed by atoms with Crippen LogP contribution in [0.4, 0.5) is 0 Å². The van der Waals surface area contributed by atoms with Gasteiger partial charge in [-0.05, 0) is 49.9 Å². The van der Waals surface area contributed by atoms with E-state index >= 15 is 0 Å². The number of benzene rings is 1. The monoisotopic (exact) mass is 310 g/mol. The van der Waals surface area contributed by atoms with Gasteiger partial charge in [0.2, 0.25) is 15.9 Å². The third-order valence-electron chi connectivity index (χ3n) is 3.88. The molecule has 21 heavy (non-hydrogen) atoms. The van der Waals surface area contributed by atoms with Crippen LogP contribution in [-0.4, -0.2) is 38.9 Å². The van der Waals surface area contributed by atoms with Crippen LogP contribution >= 0.6 is 0 Å². The topological polar surface area (TPSA) is 66.5 Å². The van der Waals surface area contributed by atoms with Crippen molar-refractivity contribution in [2.45, 2.75) is 38.0 Å². The molecule has 0 aromatic heterocycles. The second kappa shape index (κ2) is 6.58. The number of likely N-dealkylation sites (tertiary alicyclic amines) is 1. The first-order valence-corrected chi connectivity index (χ1v) is 8.73. The lowest BCUT2D eigenvalue weighted by Crippen LogP contribution is -2.32. The van der Waals surface area contributed by atoms with Gasteiger partial charge in [-0.15, -0.1) is 0 Å². The predicted octanol–water partition coefficient (Wildman–Crippen LogP) is 1.59. The van der Waals surface area contributed by atoms with Crippen LogP contribution in [-0.2, 0) is 14.8 Å². The van der Waals surface area contributed by atoms with E-state index in [9.17, 15) is 13.2 Å². The molecule has 1 aliphatic rings. The molecular formula is C15H22N2O3S. The molecule has 1 amide bonds. The van der Waals surface area contributed by atoms with Crippen LogP contribution in [0, 0.1) is 13.8 Å². The average Bonchev–Trinajstić information content (AvgIpc) is 2.95. The van der Waals surface area contributed by atoms with Gasteiger partial charge in [-0.3, -0.25) is 4.79 Å². The van der Waals surface area contributed by atoms with Gasteiger partial charge in [-0.25, -0.2) is 13.1 Å². The van der Waals surface area contributed by atoms with E-state index in [2.05, 4.69) is 4.72 Å². The first-order chi connectivity index (χ1) is 9.90. The quantitative estimate of drug-likeness (QED) is 0.898. The molecule has 0 spiro atoms. The molecule has 116 valence electrons. The Hall–Kier alpha value is -1.40. The number of sulfonamides is 1. The fourth-order valence-electron chi connectivity index (χ4n) is 2.38. The number of rotatable bonds is 5. The SMILES string of the molecule is Cc1ccc(S(=O)(=O)NCCC(=O)N2CCCC2)cc1C. The third kappa shape index (κ3) is 4.04. The number of carbonyl (C=O) groups is 1. The average molecular weight is 310 g/mol. The van der Waals surface area contributed by atoms with Gasteiger partial charge in [0.25, 0.3) is 0 Å². The fourth-order valence-corrected chi connectivity index (χ4v) is 3.50. The Bertz CT molecular complexity index is 620. The summed E-state index contributed by atoms with van der Waals surface area (Å²) in [6.45, 7) is 5.55. The van der Waals surface area contributed by atoms with E-state index < -0.39 is 10.0 Å². The third-order valence-corrected chi connectivity index (χ3v) is 5.34. The maximum absolute atomic E-state index is 12.2. The van der Waals surface area contributed by atoms with Crippen molar-refractivity contribution in [2.24, 2.45) is 0 Å². The fraction of sp³-hybridized carbons (Fsp3) is 0.533. The Balaban J connectivity index is 1.91. The van der Waals surface area contributed by atoms with Gasteiger partial charge >= 0.3 is 0 Å². The Morgan fingerprint density at radius 1 is 1.19 bits per heavy atom. The molecule has 0 bridgehead atoms. The summed E-state index contributed by atoms with van der Waals surface area (Å²) in [6.07, 6.45) is 2.30. The second-order valence-corrected chi connectivity index (χ2v) is 7.25. The van der Waals surface area contributed by atoms with Gasteiger partial charge in [0, 0.05) is 26.1 Å². The molecule has 1 fully saturated rings. The molecule has 0 atom stereocenters. The number of carbonyl (C=O) groups excluding carboxylic acids is 1. The summed E-state index contributed by atoms with van der Waals surface area (Å²) < 4.78 is 26.8. The van der Waals surface area contributed by atoms with E-state index in [-0.39, 0.29) is 23.8 Å². The predicted molar refractivity (Wildman–Crippen MR) is 81.5 cm³/mol. The number of hydrogen-bond acceptors (Lipinski definition) is 3.